The standard InChI is InChI=1S/C12H27B/c1-9(2)7-12(8-10(3)4)13-11(5)6/h9-13H,7-8H2,1-6H3. The van der Waals surface area contributed by atoms with Crippen molar-refractivity contribution in [2.75, 3.05) is 0 Å². The van der Waals surface area contributed by atoms with E-state index in [4.69, 9.17) is 0 Å². The Balaban J connectivity index is 3.87. The highest BCUT2D eigenvalue weighted by Gasteiger charge is 2.15. The SMILES string of the molecule is CC(C)BC(CC(C)C)CC(C)C. The van der Waals surface area contributed by atoms with Gasteiger partial charge in [0.2, 0.25) is 0 Å². The highest BCUT2D eigenvalue weighted by molar-refractivity contribution is 6.39. The molecule has 0 aromatic carbocycles. The summed E-state index contributed by atoms with van der Waals surface area (Å²) in [5.74, 6) is 3.55. The quantitative estimate of drug-likeness (QED) is 0.541. The van der Waals surface area contributed by atoms with E-state index in [1.165, 1.54) is 20.1 Å². The molecule has 0 N–H and O–H groups in total. The molecule has 0 rings (SSSR count). The molecule has 0 atom stereocenters. The van der Waals surface area contributed by atoms with Gasteiger partial charge in [-0.25, -0.2) is 0 Å². The zero-order chi connectivity index (χ0) is 10.4. The molecular weight excluding hydrogens is 155 g/mol. The summed E-state index contributed by atoms with van der Waals surface area (Å²) in [7, 11) is 1.41. The van der Waals surface area contributed by atoms with Crippen LogP contribution in [0.1, 0.15) is 54.4 Å². The van der Waals surface area contributed by atoms with Gasteiger partial charge in [-0.2, -0.15) is 0 Å². The zero-order valence-electron chi connectivity index (χ0n) is 10.4. The van der Waals surface area contributed by atoms with Gasteiger partial charge < -0.3 is 0 Å². The third kappa shape index (κ3) is 8.40. The highest BCUT2D eigenvalue weighted by atomic mass is 14.1. The van der Waals surface area contributed by atoms with Crippen LogP contribution in [0.25, 0.3) is 0 Å². The van der Waals surface area contributed by atoms with Crippen LogP contribution in [0.5, 0.6) is 0 Å². The molecule has 0 aliphatic rings. The fourth-order valence-corrected chi connectivity index (χ4v) is 2.29. The molecule has 0 aromatic rings. The molecule has 0 saturated carbocycles. The normalized spacial score (nSPS) is 12.2. The van der Waals surface area contributed by atoms with Gasteiger partial charge in [0.25, 0.3) is 0 Å². The molecule has 0 saturated heterocycles. The first-order chi connectivity index (χ1) is 5.91. The lowest BCUT2D eigenvalue weighted by atomic mass is 9.52. The Morgan fingerprint density at radius 1 is 0.769 bits per heavy atom. The summed E-state index contributed by atoms with van der Waals surface area (Å²) in [4.78, 5) is 0. The third-order valence-corrected chi connectivity index (χ3v) is 2.41. The minimum absolute atomic E-state index is 0.863. The molecule has 0 aromatic heterocycles. The molecule has 78 valence electrons. The Labute approximate surface area is 85.7 Å². The molecule has 0 heterocycles. The van der Waals surface area contributed by atoms with Crippen molar-refractivity contribution >= 4 is 7.28 Å². The maximum Gasteiger partial charge on any atom is 0.126 e. The summed E-state index contributed by atoms with van der Waals surface area (Å²) >= 11 is 0. The summed E-state index contributed by atoms with van der Waals surface area (Å²) in [6.45, 7) is 14.0. The Hall–Kier alpha value is 0.0649. The van der Waals surface area contributed by atoms with Crippen molar-refractivity contribution in [3.63, 3.8) is 0 Å². The summed E-state index contributed by atoms with van der Waals surface area (Å²) in [6.07, 6.45) is 2.83. The van der Waals surface area contributed by atoms with Crippen LogP contribution in [0.3, 0.4) is 0 Å². The van der Waals surface area contributed by atoms with E-state index >= 15 is 0 Å². The molecule has 13 heavy (non-hydrogen) atoms. The second-order valence-electron chi connectivity index (χ2n) is 5.75. The van der Waals surface area contributed by atoms with Gasteiger partial charge in [-0.15, -0.1) is 0 Å². The van der Waals surface area contributed by atoms with Crippen LogP contribution >= 0.6 is 0 Å². The third-order valence-electron chi connectivity index (χ3n) is 2.41. The van der Waals surface area contributed by atoms with Crippen molar-refractivity contribution in [1.29, 1.82) is 0 Å². The van der Waals surface area contributed by atoms with E-state index in [-0.39, 0.29) is 0 Å². The lowest BCUT2D eigenvalue weighted by Gasteiger charge is -2.21. The minimum Gasteiger partial charge on any atom is -0.0710 e. The van der Waals surface area contributed by atoms with Gasteiger partial charge in [0.15, 0.2) is 0 Å². The van der Waals surface area contributed by atoms with Gasteiger partial charge in [0.05, 0.1) is 0 Å². The molecule has 0 fully saturated rings. The molecule has 0 aliphatic carbocycles. The fourth-order valence-electron chi connectivity index (χ4n) is 2.29. The van der Waals surface area contributed by atoms with Crippen molar-refractivity contribution in [3.8, 4) is 0 Å². The summed E-state index contributed by atoms with van der Waals surface area (Å²) in [6, 6.07) is 0. The van der Waals surface area contributed by atoms with Gasteiger partial charge in [0, 0.05) is 0 Å². The first-order valence-electron chi connectivity index (χ1n) is 5.91. The Morgan fingerprint density at radius 2 is 1.15 bits per heavy atom. The summed E-state index contributed by atoms with van der Waals surface area (Å²) in [5.41, 5.74) is 0. The smallest absolute Gasteiger partial charge is 0.0710 e. The molecule has 1 heteroatoms. The van der Waals surface area contributed by atoms with E-state index in [9.17, 15) is 0 Å². The van der Waals surface area contributed by atoms with Crippen molar-refractivity contribution in [3.05, 3.63) is 0 Å². The monoisotopic (exact) mass is 182 g/mol. The van der Waals surface area contributed by atoms with E-state index in [2.05, 4.69) is 41.5 Å². The second kappa shape index (κ2) is 6.51. The maximum atomic E-state index is 2.34. The molecule has 0 aliphatic heterocycles. The average molecular weight is 182 g/mol. The highest BCUT2D eigenvalue weighted by Crippen LogP contribution is 2.27. The first kappa shape index (κ1) is 13.1. The van der Waals surface area contributed by atoms with Crippen molar-refractivity contribution in [2.45, 2.75) is 66.0 Å². The van der Waals surface area contributed by atoms with Crippen LogP contribution in [0.2, 0.25) is 11.6 Å². The van der Waals surface area contributed by atoms with Crippen LogP contribution in [0.15, 0.2) is 0 Å². The van der Waals surface area contributed by atoms with Crippen LogP contribution in [-0.2, 0) is 0 Å². The van der Waals surface area contributed by atoms with Crippen LogP contribution < -0.4 is 0 Å². The number of hydrogen-bond donors (Lipinski definition) is 0. The lowest BCUT2D eigenvalue weighted by Crippen LogP contribution is -2.12. The van der Waals surface area contributed by atoms with Crippen molar-refractivity contribution < 1.29 is 0 Å². The molecule has 0 spiro atoms. The average Bonchev–Trinajstić information content (AvgIpc) is 1.80. The second-order valence-corrected chi connectivity index (χ2v) is 5.75. The fraction of sp³-hybridized carbons (Fsp3) is 1.00. The van der Waals surface area contributed by atoms with Gasteiger partial charge >= 0.3 is 0 Å². The molecular formula is C12H27B. The number of rotatable bonds is 6. The van der Waals surface area contributed by atoms with Crippen LogP contribution in [-0.4, -0.2) is 7.28 Å². The van der Waals surface area contributed by atoms with Crippen LogP contribution in [0, 0.1) is 11.8 Å². The predicted molar refractivity (Wildman–Crippen MR) is 64.9 cm³/mol. The molecule has 0 unspecified atom stereocenters. The molecule has 0 bridgehead atoms. The van der Waals surface area contributed by atoms with E-state index in [0.29, 0.717) is 0 Å². The van der Waals surface area contributed by atoms with Gasteiger partial charge in [-0.1, -0.05) is 66.0 Å². The lowest BCUT2D eigenvalue weighted by molar-refractivity contribution is 0.475. The van der Waals surface area contributed by atoms with E-state index < -0.39 is 0 Å². The Kier molecular flexibility index (Phi) is 6.54. The molecule has 0 radical (unpaired) electrons. The number of hydrogen-bond acceptors (Lipinski definition) is 0. The topological polar surface area (TPSA) is 0 Å². The van der Waals surface area contributed by atoms with Gasteiger partial charge in [0.1, 0.15) is 7.28 Å². The van der Waals surface area contributed by atoms with Gasteiger partial charge in [-0.3, -0.25) is 0 Å². The van der Waals surface area contributed by atoms with Crippen molar-refractivity contribution in [2.24, 2.45) is 11.8 Å². The van der Waals surface area contributed by atoms with Crippen molar-refractivity contribution in [1.82, 2.24) is 0 Å². The minimum atomic E-state index is 0.863. The zero-order valence-corrected chi connectivity index (χ0v) is 10.4. The van der Waals surface area contributed by atoms with E-state index in [1.807, 2.05) is 0 Å². The van der Waals surface area contributed by atoms with Gasteiger partial charge in [-0.05, 0) is 11.8 Å². The largest absolute Gasteiger partial charge is 0.126 e. The Morgan fingerprint density at radius 3 is 1.38 bits per heavy atom. The molecule has 0 amide bonds. The maximum absolute atomic E-state index is 2.34. The molecule has 0 nitrogen and oxygen atoms in total. The summed E-state index contributed by atoms with van der Waals surface area (Å²) in [5, 5.41) is 0. The predicted octanol–water partition coefficient (Wildman–Crippen LogP) is 4.13. The van der Waals surface area contributed by atoms with Crippen LogP contribution in [0.4, 0.5) is 0 Å². The van der Waals surface area contributed by atoms with E-state index in [0.717, 1.165) is 23.5 Å². The Bertz CT molecular complexity index is 92.5. The van der Waals surface area contributed by atoms with E-state index in [1.54, 1.807) is 0 Å². The first-order valence-corrected chi connectivity index (χ1v) is 5.91. The summed E-state index contributed by atoms with van der Waals surface area (Å²) < 4.78 is 0.